The first-order valence-electron chi connectivity index (χ1n) is 8.44. The quantitative estimate of drug-likeness (QED) is 0.549. The van der Waals surface area contributed by atoms with E-state index in [1.165, 1.54) is 23.1 Å². The fourth-order valence-corrected chi connectivity index (χ4v) is 3.01. The number of rotatable bonds is 5. The van der Waals surface area contributed by atoms with E-state index in [1.807, 2.05) is 6.92 Å². The van der Waals surface area contributed by atoms with Gasteiger partial charge in [-0.2, -0.15) is 0 Å². The number of aromatic nitrogens is 5. The van der Waals surface area contributed by atoms with Gasteiger partial charge in [0, 0.05) is 31.6 Å². The Balaban J connectivity index is 1.77. The molecule has 0 fully saturated rings. The first-order chi connectivity index (χ1) is 13.5. The van der Waals surface area contributed by atoms with Crippen LogP contribution in [0.5, 0.6) is 0 Å². The highest BCUT2D eigenvalue weighted by molar-refractivity contribution is 6.04. The van der Waals surface area contributed by atoms with Crippen molar-refractivity contribution in [3.8, 4) is 11.4 Å². The number of ether oxygens (including phenoxy) is 1. The number of carbonyl (C=O) groups excluding carboxylic acids is 1. The van der Waals surface area contributed by atoms with Crippen molar-refractivity contribution in [3.63, 3.8) is 0 Å². The monoisotopic (exact) mass is 386 g/mol. The lowest BCUT2D eigenvalue weighted by Crippen LogP contribution is -2.35. The highest BCUT2D eigenvalue weighted by atomic mass is 19.1. The largest absolute Gasteiger partial charge is 0.383 e. The molecule has 4 rings (SSSR count). The van der Waals surface area contributed by atoms with Crippen molar-refractivity contribution in [1.82, 2.24) is 29.7 Å². The molecule has 8 nitrogen and oxygen atoms in total. The van der Waals surface area contributed by atoms with E-state index in [1.54, 1.807) is 7.11 Å². The number of halogens is 2. The molecule has 4 heterocycles. The summed E-state index contributed by atoms with van der Waals surface area (Å²) >= 11 is 0. The molecule has 4 aromatic rings. The third kappa shape index (κ3) is 3.07. The Morgan fingerprint density at radius 2 is 2.21 bits per heavy atom. The van der Waals surface area contributed by atoms with Crippen molar-refractivity contribution in [2.24, 2.45) is 0 Å². The molecule has 2 N–H and O–H groups in total. The van der Waals surface area contributed by atoms with E-state index >= 15 is 0 Å². The lowest BCUT2D eigenvalue weighted by molar-refractivity contribution is 0.0907. The van der Waals surface area contributed by atoms with Gasteiger partial charge in [0.1, 0.15) is 34.6 Å². The molecule has 0 aliphatic carbocycles. The van der Waals surface area contributed by atoms with Gasteiger partial charge in [-0.15, -0.1) is 0 Å². The summed E-state index contributed by atoms with van der Waals surface area (Å²) in [6, 6.07) is 0.582. The van der Waals surface area contributed by atoms with Crippen LogP contribution in [0, 0.1) is 11.6 Å². The van der Waals surface area contributed by atoms with Crippen LogP contribution in [0.15, 0.2) is 31.0 Å². The molecule has 1 unspecified atom stereocenters. The number of pyridine rings is 1. The Morgan fingerprint density at radius 1 is 1.39 bits per heavy atom. The standard InChI is InChI=1S/C18H16F2N6O2/c1-9(7-28-2)24-18(27)11-4-21-17-14(11)25-13(5-22-17)15-16-12(20)3-10(19)6-26(16)8-23-15/h3-6,8-9H,7H2,1-2H3,(H,21,22)(H,24,27). The number of amides is 1. The maximum atomic E-state index is 14.3. The molecule has 0 aliphatic rings. The third-order valence-corrected chi connectivity index (χ3v) is 4.21. The Kier molecular flexibility index (Phi) is 4.47. The zero-order chi connectivity index (χ0) is 19.8. The second-order valence-corrected chi connectivity index (χ2v) is 6.34. The number of hydrogen-bond acceptors (Lipinski definition) is 5. The molecule has 0 spiro atoms. The smallest absolute Gasteiger partial charge is 0.255 e. The summed E-state index contributed by atoms with van der Waals surface area (Å²) in [4.78, 5) is 28.2. The summed E-state index contributed by atoms with van der Waals surface area (Å²) in [5.41, 5.74) is 1.56. The van der Waals surface area contributed by atoms with Crippen LogP contribution in [-0.2, 0) is 4.74 Å². The zero-order valence-corrected chi connectivity index (χ0v) is 15.0. The Labute approximate surface area is 157 Å². The Hall–Kier alpha value is -3.40. The number of nitrogens with one attached hydrogen (secondary N) is 2. The van der Waals surface area contributed by atoms with Crippen molar-refractivity contribution in [2.45, 2.75) is 13.0 Å². The second kappa shape index (κ2) is 6.97. The van der Waals surface area contributed by atoms with Gasteiger partial charge in [0.2, 0.25) is 0 Å². The fraction of sp³-hybridized carbons (Fsp3) is 0.222. The van der Waals surface area contributed by atoms with Crippen molar-refractivity contribution in [2.75, 3.05) is 13.7 Å². The van der Waals surface area contributed by atoms with E-state index in [2.05, 4.69) is 25.3 Å². The van der Waals surface area contributed by atoms with E-state index in [9.17, 15) is 13.6 Å². The van der Waals surface area contributed by atoms with Gasteiger partial charge in [-0.25, -0.2) is 23.7 Å². The number of aromatic amines is 1. The van der Waals surface area contributed by atoms with Crippen LogP contribution in [0.25, 0.3) is 28.1 Å². The summed E-state index contributed by atoms with van der Waals surface area (Å²) in [6.45, 7) is 2.17. The summed E-state index contributed by atoms with van der Waals surface area (Å²) < 4.78 is 33.9. The second-order valence-electron chi connectivity index (χ2n) is 6.34. The van der Waals surface area contributed by atoms with Crippen molar-refractivity contribution in [3.05, 3.63) is 48.2 Å². The molecule has 1 atom stereocenters. The maximum Gasteiger partial charge on any atom is 0.255 e. The number of imidazole rings is 1. The van der Waals surface area contributed by atoms with Crippen LogP contribution in [0.2, 0.25) is 0 Å². The summed E-state index contributed by atoms with van der Waals surface area (Å²) in [5.74, 6) is -1.83. The third-order valence-electron chi connectivity index (χ3n) is 4.21. The average molecular weight is 386 g/mol. The summed E-state index contributed by atoms with van der Waals surface area (Å²) in [5, 5.41) is 2.80. The van der Waals surface area contributed by atoms with Crippen LogP contribution >= 0.6 is 0 Å². The zero-order valence-electron chi connectivity index (χ0n) is 15.0. The van der Waals surface area contributed by atoms with Gasteiger partial charge < -0.3 is 19.4 Å². The minimum Gasteiger partial charge on any atom is -0.383 e. The number of H-pyrrole nitrogens is 1. The summed E-state index contributed by atoms with van der Waals surface area (Å²) in [7, 11) is 1.55. The first-order valence-corrected chi connectivity index (χ1v) is 8.44. The number of nitrogens with zero attached hydrogens (tertiary/aromatic N) is 4. The fourth-order valence-electron chi connectivity index (χ4n) is 3.01. The number of fused-ring (bicyclic) bond motifs is 2. The molecule has 28 heavy (non-hydrogen) atoms. The van der Waals surface area contributed by atoms with Gasteiger partial charge in [0.25, 0.3) is 5.91 Å². The lowest BCUT2D eigenvalue weighted by atomic mass is 10.2. The molecular formula is C18H16F2N6O2. The SMILES string of the molecule is COCC(C)NC(=O)c1c[nH]c2ncc(-c3ncn4cc(F)cc(F)c34)nc12. The molecule has 144 valence electrons. The number of carbonyl (C=O) groups is 1. The van der Waals surface area contributed by atoms with Gasteiger partial charge in [0.05, 0.1) is 18.4 Å². The van der Waals surface area contributed by atoms with Crippen LogP contribution in [0.4, 0.5) is 8.78 Å². The lowest BCUT2D eigenvalue weighted by Gasteiger charge is -2.11. The highest BCUT2D eigenvalue weighted by Crippen LogP contribution is 2.26. The van der Waals surface area contributed by atoms with E-state index < -0.39 is 11.6 Å². The minimum atomic E-state index is -0.769. The molecular weight excluding hydrogens is 370 g/mol. The van der Waals surface area contributed by atoms with Crippen LogP contribution < -0.4 is 5.32 Å². The number of hydrogen-bond donors (Lipinski definition) is 2. The van der Waals surface area contributed by atoms with Crippen LogP contribution in [0.1, 0.15) is 17.3 Å². The van der Waals surface area contributed by atoms with E-state index in [0.29, 0.717) is 23.3 Å². The van der Waals surface area contributed by atoms with Gasteiger partial charge in [-0.05, 0) is 6.92 Å². The molecule has 1 amide bonds. The van der Waals surface area contributed by atoms with Crippen LogP contribution in [-0.4, -0.2) is 50.0 Å². The van der Waals surface area contributed by atoms with Gasteiger partial charge in [0.15, 0.2) is 11.5 Å². The molecule has 0 aromatic carbocycles. The van der Waals surface area contributed by atoms with Crippen LogP contribution in [0.3, 0.4) is 0 Å². The first kappa shape index (κ1) is 18.0. The molecule has 0 radical (unpaired) electrons. The van der Waals surface area contributed by atoms with E-state index in [4.69, 9.17) is 4.74 Å². The average Bonchev–Trinajstić information content (AvgIpc) is 3.25. The van der Waals surface area contributed by atoms with Crippen molar-refractivity contribution >= 4 is 22.6 Å². The van der Waals surface area contributed by atoms with E-state index in [0.717, 1.165) is 12.3 Å². The van der Waals surface area contributed by atoms with Gasteiger partial charge >= 0.3 is 0 Å². The normalized spacial score (nSPS) is 12.6. The molecule has 0 saturated carbocycles. The predicted octanol–water partition coefficient (Wildman–Crippen LogP) is 2.32. The van der Waals surface area contributed by atoms with Crippen molar-refractivity contribution < 1.29 is 18.3 Å². The van der Waals surface area contributed by atoms with E-state index in [-0.39, 0.29) is 28.9 Å². The molecule has 4 aromatic heterocycles. The number of methoxy groups -OCH3 is 1. The van der Waals surface area contributed by atoms with Gasteiger partial charge in [-0.1, -0.05) is 0 Å². The molecule has 0 saturated heterocycles. The van der Waals surface area contributed by atoms with Crippen molar-refractivity contribution in [1.29, 1.82) is 0 Å². The molecule has 10 heteroatoms. The topological polar surface area (TPSA) is 97.2 Å². The minimum absolute atomic E-state index is 0.0744. The maximum absolute atomic E-state index is 14.3. The molecule has 0 bridgehead atoms. The molecule has 0 aliphatic heterocycles. The predicted molar refractivity (Wildman–Crippen MR) is 96.8 cm³/mol. The Bertz CT molecular complexity index is 1190. The van der Waals surface area contributed by atoms with Gasteiger partial charge in [-0.3, -0.25) is 4.79 Å². The summed E-state index contributed by atoms with van der Waals surface area (Å²) in [6.07, 6.45) is 5.33. The Morgan fingerprint density at radius 3 is 3.00 bits per heavy atom. The highest BCUT2D eigenvalue weighted by Gasteiger charge is 2.19.